The quantitative estimate of drug-likeness (QED) is 0.352. The molecule has 1 heterocycles. The zero-order valence-corrected chi connectivity index (χ0v) is 13.6. The summed E-state index contributed by atoms with van der Waals surface area (Å²) in [5.74, 6) is -0.501. The highest BCUT2D eigenvalue weighted by Gasteiger charge is 2.13. The number of aromatic nitrogens is 2. The maximum absolute atomic E-state index is 13.7. The summed E-state index contributed by atoms with van der Waals surface area (Å²) in [7, 11) is -3.86. The van der Waals surface area contributed by atoms with Gasteiger partial charge in [-0.1, -0.05) is 36.9 Å². The van der Waals surface area contributed by atoms with Gasteiger partial charge in [-0.25, -0.2) is 9.82 Å². The second-order valence-corrected chi connectivity index (χ2v) is 7.08. The van der Waals surface area contributed by atoms with E-state index in [-0.39, 0.29) is 15.7 Å². The Morgan fingerprint density at radius 2 is 2.09 bits per heavy atom. The number of halogens is 1. The molecule has 0 unspecified atom stereocenters. The van der Waals surface area contributed by atoms with Gasteiger partial charge in [-0.15, -0.1) is 0 Å². The summed E-state index contributed by atoms with van der Waals surface area (Å²) >= 11 is 1.21. The van der Waals surface area contributed by atoms with Crippen LogP contribution >= 0.6 is 11.8 Å². The third-order valence-electron chi connectivity index (χ3n) is 2.56. The van der Waals surface area contributed by atoms with Crippen LogP contribution in [0.5, 0.6) is 0 Å². The zero-order valence-electron chi connectivity index (χ0n) is 12.0. The van der Waals surface area contributed by atoms with E-state index in [0.717, 1.165) is 6.21 Å². The van der Waals surface area contributed by atoms with Crippen molar-refractivity contribution in [2.24, 2.45) is 5.10 Å². The third kappa shape index (κ3) is 4.39. The van der Waals surface area contributed by atoms with Crippen LogP contribution in [-0.4, -0.2) is 30.4 Å². The molecule has 0 atom stereocenters. The van der Waals surface area contributed by atoms with Crippen LogP contribution in [0.3, 0.4) is 0 Å². The lowest BCUT2D eigenvalue weighted by Gasteiger charge is -2.03. The van der Waals surface area contributed by atoms with Crippen LogP contribution in [0.4, 0.5) is 4.39 Å². The van der Waals surface area contributed by atoms with E-state index >= 15 is 0 Å². The Labute approximate surface area is 136 Å². The minimum atomic E-state index is -3.86. The number of hydrogen-bond acceptors (Lipinski definition) is 6. The average molecular weight is 356 g/mol. The van der Waals surface area contributed by atoms with Crippen LogP contribution in [-0.2, 0) is 10.0 Å². The highest BCUT2D eigenvalue weighted by atomic mass is 32.2. The van der Waals surface area contributed by atoms with Crippen molar-refractivity contribution < 1.29 is 12.8 Å². The molecule has 0 saturated carbocycles. The van der Waals surface area contributed by atoms with Crippen LogP contribution in [0.25, 0.3) is 0 Å². The number of benzene rings is 1. The summed E-state index contributed by atoms with van der Waals surface area (Å²) in [5, 5.41) is 3.69. The standard InChI is InChI=1S/C13H13FN4O3S2/c1-2-22-13-16-10(11(14)12(19)17-13)8-15-18-23(20,21)9-6-4-3-5-7-9/h3-8,18H,2H2,1H3,(H,16,17,19). The number of aromatic amines is 1. The molecule has 10 heteroatoms. The fraction of sp³-hybridized carbons (Fsp3) is 0.154. The fourth-order valence-corrected chi connectivity index (χ4v) is 2.97. The Balaban J connectivity index is 2.22. The largest absolute Gasteiger partial charge is 0.299 e. The number of thioether (sulfide) groups is 1. The molecule has 0 aliphatic heterocycles. The van der Waals surface area contributed by atoms with E-state index in [9.17, 15) is 17.6 Å². The van der Waals surface area contributed by atoms with Crippen LogP contribution in [0.1, 0.15) is 12.6 Å². The van der Waals surface area contributed by atoms with Crippen molar-refractivity contribution in [2.75, 3.05) is 5.75 Å². The molecule has 2 aromatic rings. The van der Waals surface area contributed by atoms with Gasteiger partial charge in [0.25, 0.3) is 15.6 Å². The van der Waals surface area contributed by atoms with Crippen LogP contribution in [0, 0.1) is 5.82 Å². The van der Waals surface area contributed by atoms with E-state index in [1.165, 1.54) is 23.9 Å². The second-order valence-electron chi connectivity index (χ2n) is 4.17. The van der Waals surface area contributed by atoms with E-state index in [1.807, 2.05) is 11.8 Å². The number of nitrogens with one attached hydrogen (secondary N) is 2. The van der Waals surface area contributed by atoms with Crippen molar-refractivity contribution in [1.29, 1.82) is 0 Å². The van der Waals surface area contributed by atoms with Gasteiger partial charge in [0.1, 0.15) is 5.69 Å². The van der Waals surface area contributed by atoms with Gasteiger partial charge in [0.15, 0.2) is 5.16 Å². The summed E-state index contributed by atoms with van der Waals surface area (Å²) in [6.45, 7) is 1.84. The molecular weight excluding hydrogens is 343 g/mol. The normalized spacial score (nSPS) is 11.7. The molecule has 1 aromatic heterocycles. The molecule has 23 heavy (non-hydrogen) atoms. The highest BCUT2D eigenvalue weighted by Crippen LogP contribution is 2.11. The summed E-state index contributed by atoms with van der Waals surface area (Å²) in [6.07, 6.45) is 0.852. The van der Waals surface area contributed by atoms with Gasteiger partial charge in [-0.3, -0.25) is 9.78 Å². The Hall–Kier alpha value is -2.20. The summed E-state index contributed by atoms with van der Waals surface area (Å²) < 4.78 is 37.5. The number of hydrazone groups is 1. The van der Waals surface area contributed by atoms with E-state index in [1.54, 1.807) is 18.2 Å². The molecule has 0 radical (unpaired) electrons. The molecule has 0 amide bonds. The van der Waals surface area contributed by atoms with E-state index in [0.29, 0.717) is 5.75 Å². The minimum Gasteiger partial charge on any atom is -0.299 e. The van der Waals surface area contributed by atoms with Crippen molar-refractivity contribution >= 4 is 28.0 Å². The van der Waals surface area contributed by atoms with E-state index in [2.05, 4.69) is 15.1 Å². The van der Waals surface area contributed by atoms with Crippen molar-refractivity contribution in [1.82, 2.24) is 14.8 Å². The molecule has 122 valence electrons. The topological polar surface area (TPSA) is 104 Å². The Morgan fingerprint density at radius 3 is 2.74 bits per heavy atom. The summed E-state index contributed by atoms with van der Waals surface area (Å²) in [5.41, 5.74) is -1.29. The maximum atomic E-state index is 13.7. The van der Waals surface area contributed by atoms with Gasteiger partial charge in [-0.05, 0) is 17.9 Å². The van der Waals surface area contributed by atoms with Crippen molar-refractivity contribution in [3.8, 4) is 0 Å². The molecule has 0 aliphatic rings. The zero-order chi connectivity index (χ0) is 16.9. The molecule has 7 nitrogen and oxygen atoms in total. The van der Waals surface area contributed by atoms with Gasteiger partial charge in [0.05, 0.1) is 11.1 Å². The number of H-pyrrole nitrogens is 1. The number of sulfonamides is 1. The SMILES string of the molecule is CCSc1nc(C=NNS(=O)(=O)c2ccccc2)c(F)c(=O)[nH]1. The highest BCUT2D eigenvalue weighted by molar-refractivity contribution is 7.99. The molecule has 0 saturated heterocycles. The summed E-state index contributed by atoms with van der Waals surface area (Å²) in [6, 6.07) is 7.57. The first-order valence-electron chi connectivity index (χ1n) is 6.46. The van der Waals surface area contributed by atoms with Crippen LogP contribution < -0.4 is 10.4 Å². The van der Waals surface area contributed by atoms with E-state index < -0.39 is 21.4 Å². The Kier molecular flexibility index (Phi) is 5.50. The number of rotatable bonds is 6. The predicted molar refractivity (Wildman–Crippen MR) is 85.6 cm³/mol. The second kappa shape index (κ2) is 7.38. The lowest BCUT2D eigenvalue weighted by atomic mass is 10.4. The first-order valence-corrected chi connectivity index (χ1v) is 8.93. The van der Waals surface area contributed by atoms with Gasteiger partial charge < -0.3 is 0 Å². The van der Waals surface area contributed by atoms with Gasteiger partial charge in [0.2, 0.25) is 5.82 Å². The molecule has 1 aromatic carbocycles. The van der Waals surface area contributed by atoms with Crippen LogP contribution in [0.2, 0.25) is 0 Å². The molecule has 0 aliphatic carbocycles. The molecule has 2 rings (SSSR count). The molecular formula is C13H13FN4O3S2. The Bertz CT molecular complexity index is 867. The predicted octanol–water partition coefficient (Wildman–Crippen LogP) is 1.33. The van der Waals surface area contributed by atoms with Gasteiger partial charge >= 0.3 is 0 Å². The smallest absolute Gasteiger partial charge is 0.288 e. The van der Waals surface area contributed by atoms with Crippen LogP contribution in [0.15, 0.2) is 50.3 Å². The van der Waals surface area contributed by atoms with Crippen molar-refractivity contribution in [3.63, 3.8) is 0 Å². The minimum absolute atomic E-state index is 0.0127. The molecule has 0 spiro atoms. The van der Waals surface area contributed by atoms with Gasteiger partial charge in [-0.2, -0.15) is 17.9 Å². The average Bonchev–Trinajstić information content (AvgIpc) is 2.53. The van der Waals surface area contributed by atoms with Crippen molar-refractivity contribution in [3.05, 3.63) is 52.2 Å². The Morgan fingerprint density at radius 1 is 1.39 bits per heavy atom. The summed E-state index contributed by atoms with van der Waals surface area (Å²) in [4.78, 5) is 19.5. The third-order valence-corrected chi connectivity index (χ3v) is 4.55. The van der Waals surface area contributed by atoms with Crippen molar-refractivity contribution in [2.45, 2.75) is 17.0 Å². The number of hydrogen-bond donors (Lipinski definition) is 2. The number of nitrogens with zero attached hydrogens (tertiary/aromatic N) is 2. The molecule has 0 fully saturated rings. The fourth-order valence-electron chi connectivity index (χ4n) is 1.55. The maximum Gasteiger partial charge on any atom is 0.288 e. The van der Waals surface area contributed by atoms with Gasteiger partial charge in [0, 0.05) is 0 Å². The molecule has 2 N–H and O–H groups in total. The monoisotopic (exact) mass is 356 g/mol. The molecule has 0 bridgehead atoms. The first-order chi connectivity index (χ1) is 10.9. The lowest BCUT2D eigenvalue weighted by molar-refractivity contribution is 0.582. The van der Waals surface area contributed by atoms with E-state index in [4.69, 9.17) is 0 Å². The lowest BCUT2D eigenvalue weighted by Crippen LogP contribution is -2.20. The first kappa shape index (κ1) is 17.2.